The summed E-state index contributed by atoms with van der Waals surface area (Å²) >= 11 is 0. The molecule has 1 saturated heterocycles. The first-order chi connectivity index (χ1) is 11.7. The standard InChI is InChI=1S/C17H21N3O4/c1-13-18-16(24-19-13)11-22-15-8-5-9-20(10-15)17(21)12-23-14-6-3-2-4-7-14/h2-4,6-7,15H,5,8-12H2,1H3. The lowest BCUT2D eigenvalue weighted by atomic mass is 10.1. The van der Waals surface area contributed by atoms with Crippen LogP contribution >= 0.6 is 0 Å². The highest BCUT2D eigenvalue weighted by Gasteiger charge is 2.25. The fourth-order valence-corrected chi connectivity index (χ4v) is 2.64. The smallest absolute Gasteiger partial charge is 0.260 e. The first kappa shape index (κ1) is 16.4. The number of carbonyl (C=O) groups excluding carboxylic acids is 1. The normalized spacial score (nSPS) is 17.7. The van der Waals surface area contributed by atoms with Crippen molar-refractivity contribution in [3.05, 3.63) is 42.0 Å². The van der Waals surface area contributed by atoms with Crippen molar-refractivity contribution in [3.8, 4) is 5.75 Å². The summed E-state index contributed by atoms with van der Waals surface area (Å²) in [7, 11) is 0. The maximum absolute atomic E-state index is 12.3. The van der Waals surface area contributed by atoms with E-state index in [-0.39, 0.29) is 25.2 Å². The highest BCUT2D eigenvalue weighted by atomic mass is 16.5. The average Bonchev–Trinajstić information content (AvgIpc) is 3.04. The van der Waals surface area contributed by atoms with E-state index in [1.54, 1.807) is 11.8 Å². The van der Waals surface area contributed by atoms with Crippen LogP contribution in [0.25, 0.3) is 0 Å². The Hall–Kier alpha value is -2.41. The molecule has 0 saturated carbocycles. The minimum absolute atomic E-state index is 0.0216. The van der Waals surface area contributed by atoms with Gasteiger partial charge in [-0.05, 0) is 31.9 Å². The number of ether oxygens (including phenoxy) is 2. The monoisotopic (exact) mass is 331 g/mol. The van der Waals surface area contributed by atoms with Gasteiger partial charge in [-0.25, -0.2) is 0 Å². The Morgan fingerprint density at radius 2 is 2.21 bits per heavy atom. The third-order valence-electron chi connectivity index (χ3n) is 3.85. The second-order valence-electron chi connectivity index (χ2n) is 5.75. The van der Waals surface area contributed by atoms with Crippen molar-refractivity contribution < 1.29 is 18.8 Å². The molecule has 1 amide bonds. The molecule has 2 aromatic rings. The number of aryl methyl sites for hydroxylation is 1. The summed E-state index contributed by atoms with van der Waals surface area (Å²) < 4.78 is 16.3. The molecule has 7 nitrogen and oxygen atoms in total. The molecule has 2 heterocycles. The van der Waals surface area contributed by atoms with Gasteiger partial charge in [0, 0.05) is 13.1 Å². The summed E-state index contributed by atoms with van der Waals surface area (Å²) in [6.45, 7) is 3.37. The van der Waals surface area contributed by atoms with Crippen molar-refractivity contribution in [3.63, 3.8) is 0 Å². The van der Waals surface area contributed by atoms with Crippen LogP contribution < -0.4 is 4.74 Å². The summed E-state index contributed by atoms with van der Waals surface area (Å²) in [6.07, 6.45) is 1.80. The molecular formula is C17H21N3O4. The number of para-hydroxylation sites is 1. The summed E-state index contributed by atoms with van der Waals surface area (Å²) in [4.78, 5) is 18.2. The summed E-state index contributed by atoms with van der Waals surface area (Å²) in [5.74, 6) is 1.72. The zero-order valence-electron chi connectivity index (χ0n) is 13.7. The van der Waals surface area contributed by atoms with Gasteiger partial charge in [0.2, 0.25) is 0 Å². The number of rotatable bonds is 6. The van der Waals surface area contributed by atoms with E-state index >= 15 is 0 Å². The Morgan fingerprint density at radius 3 is 2.96 bits per heavy atom. The van der Waals surface area contributed by atoms with Crippen LogP contribution in [-0.4, -0.2) is 46.7 Å². The van der Waals surface area contributed by atoms with Crippen molar-refractivity contribution in [1.82, 2.24) is 15.0 Å². The predicted molar refractivity (Wildman–Crippen MR) is 85.4 cm³/mol. The molecule has 1 aromatic carbocycles. The topological polar surface area (TPSA) is 77.7 Å². The van der Waals surface area contributed by atoms with Crippen molar-refractivity contribution in [2.24, 2.45) is 0 Å². The molecule has 1 aromatic heterocycles. The van der Waals surface area contributed by atoms with Crippen LogP contribution in [0.5, 0.6) is 5.75 Å². The minimum atomic E-state index is -0.0270. The molecule has 3 rings (SSSR count). The Balaban J connectivity index is 1.45. The molecule has 128 valence electrons. The first-order valence-corrected chi connectivity index (χ1v) is 8.07. The van der Waals surface area contributed by atoms with Gasteiger partial charge in [0.05, 0.1) is 6.10 Å². The van der Waals surface area contributed by atoms with Gasteiger partial charge in [0.1, 0.15) is 12.4 Å². The lowest BCUT2D eigenvalue weighted by Gasteiger charge is -2.32. The highest BCUT2D eigenvalue weighted by Crippen LogP contribution is 2.16. The number of piperidine rings is 1. The van der Waals surface area contributed by atoms with Gasteiger partial charge in [-0.15, -0.1) is 0 Å². The molecule has 1 aliphatic rings. The van der Waals surface area contributed by atoms with Crippen LogP contribution in [0.3, 0.4) is 0 Å². The molecule has 1 fully saturated rings. The van der Waals surface area contributed by atoms with Crippen LogP contribution in [0.4, 0.5) is 0 Å². The lowest BCUT2D eigenvalue weighted by molar-refractivity contribution is -0.138. The fraction of sp³-hybridized carbons (Fsp3) is 0.471. The zero-order valence-corrected chi connectivity index (χ0v) is 13.7. The Bertz CT molecular complexity index is 659. The van der Waals surface area contributed by atoms with E-state index in [9.17, 15) is 4.79 Å². The molecule has 0 radical (unpaired) electrons. The maximum Gasteiger partial charge on any atom is 0.260 e. The predicted octanol–water partition coefficient (Wildman–Crippen LogP) is 1.96. The van der Waals surface area contributed by atoms with Gasteiger partial charge in [-0.2, -0.15) is 4.98 Å². The second-order valence-corrected chi connectivity index (χ2v) is 5.75. The number of benzene rings is 1. The largest absolute Gasteiger partial charge is 0.484 e. The summed E-state index contributed by atoms with van der Waals surface area (Å²) in [5, 5.41) is 3.73. The third kappa shape index (κ3) is 4.55. The van der Waals surface area contributed by atoms with Gasteiger partial charge in [-0.3, -0.25) is 4.79 Å². The van der Waals surface area contributed by atoms with Crippen molar-refractivity contribution in [2.45, 2.75) is 32.5 Å². The Kier molecular flexibility index (Phi) is 5.43. The van der Waals surface area contributed by atoms with Crippen LogP contribution in [-0.2, 0) is 16.1 Å². The molecule has 1 aliphatic heterocycles. The second kappa shape index (κ2) is 7.92. The van der Waals surface area contributed by atoms with E-state index in [0.717, 1.165) is 19.4 Å². The number of hydrogen-bond acceptors (Lipinski definition) is 6. The maximum atomic E-state index is 12.3. The number of aromatic nitrogens is 2. The third-order valence-corrected chi connectivity index (χ3v) is 3.85. The van der Waals surface area contributed by atoms with E-state index in [1.165, 1.54) is 0 Å². The van der Waals surface area contributed by atoms with Gasteiger partial charge >= 0.3 is 0 Å². The molecular weight excluding hydrogens is 310 g/mol. The van der Waals surface area contributed by atoms with E-state index < -0.39 is 0 Å². The quantitative estimate of drug-likeness (QED) is 0.805. The fourth-order valence-electron chi connectivity index (χ4n) is 2.64. The number of carbonyl (C=O) groups is 1. The SMILES string of the molecule is Cc1noc(COC2CCCN(C(=O)COc3ccccc3)C2)n1. The number of amides is 1. The molecule has 0 spiro atoms. The molecule has 1 unspecified atom stereocenters. The van der Waals surface area contributed by atoms with E-state index in [0.29, 0.717) is 24.0 Å². The Morgan fingerprint density at radius 1 is 1.38 bits per heavy atom. The molecule has 0 N–H and O–H groups in total. The van der Waals surface area contributed by atoms with Gasteiger partial charge in [0.25, 0.3) is 11.8 Å². The number of hydrogen-bond donors (Lipinski definition) is 0. The molecule has 0 aliphatic carbocycles. The highest BCUT2D eigenvalue weighted by molar-refractivity contribution is 5.77. The van der Waals surface area contributed by atoms with Gasteiger partial charge in [-0.1, -0.05) is 23.4 Å². The van der Waals surface area contributed by atoms with E-state index in [1.807, 2.05) is 30.3 Å². The minimum Gasteiger partial charge on any atom is -0.484 e. The van der Waals surface area contributed by atoms with Crippen LogP contribution in [0.15, 0.2) is 34.9 Å². The molecule has 0 bridgehead atoms. The van der Waals surface area contributed by atoms with Gasteiger partial charge in [0.15, 0.2) is 12.4 Å². The molecule has 1 atom stereocenters. The van der Waals surface area contributed by atoms with Crippen LogP contribution in [0.2, 0.25) is 0 Å². The van der Waals surface area contributed by atoms with E-state index in [4.69, 9.17) is 14.0 Å². The molecule has 24 heavy (non-hydrogen) atoms. The average molecular weight is 331 g/mol. The van der Waals surface area contributed by atoms with Crippen LogP contribution in [0.1, 0.15) is 24.6 Å². The summed E-state index contributed by atoms with van der Waals surface area (Å²) in [6, 6.07) is 9.34. The zero-order chi connectivity index (χ0) is 16.8. The van der Waals surface area contributed by atoms with Crippen LogP contribution in [0, 0.1) is 6.92 Å². The molecule has 7 heteroatoms. The number of likely N-dealkylation sites (tertiary alicyclic amines) is 1. The Labute approximate surface area is 140 Å². The number of nitrogens with zero attached hydrogens (tertiary/aromatic N) is 3. The summed E-state index contributed by atoms with van der Waals surface area (Å²) in [5.41, 5.74) is 0. The van der Waals surface area contributed by atoms with Crippen molar-refractivity contribution >= 4 is 5.91 Å². The van der Waals surface area contributed by atoms with E-state index in [2.05, 4.69) is 10.1 Å². The first-order valence-electron chi connectivity index (χ1n) is 8.07. The van der Waals surface area contributed by atoms with Gasteiger partial charge < -0.3 is 18.9 Å². The van der Waals surface area contributed by atoms with Crippen molar-refractivity contribution in [2.75, 3.05) is 19.7 Å². The van der Waals surface area contributed by atoms with Crippen molar-refractivity contribution in [1.29, 1.82) is 0 Å². The lowest BCUT2D eigenvalue weighted by Crippen LogP contribution is -2.45.